The van der Waals surface area contributed by atoms with Gasteiger partial charge in [0, 0.05) is 24.8 Å². The minimum atomic E-state index is 0.697. The van der Waals surface area contributed by atoms with Crippen molar-refractivity contribution in [2.24, 2.45) is 0 Å². The maximum atomic E-state index is 4.21. The Labute approximate surface area is 90.5 Å². The third-order valence-electron chi connectivity index (χ3n) is 3.60. The number of nitrogens with zero attached hydrogens (tertiary/aromatic N) is 2. The summed E-state index contributed by atoms with van der Waals surface area (Å²) in [5.74, 6) is 0. The number of piperidine rings is 1. The highest BCUT2D eigenvalue weighted by Gasteiger charge is 2.34. The van der Waals surface area contributed by atoms with Crippen molar-refractivity contribution < 1.29 is 0 Å². The van der Waals surface area contributed by atoms with E-state index in [1.165, 1.54) is 38.0 Å². The van der Waals surface area contributed by atoms with Crippen LogP contribution in [0.2, 0.25) is 0 Å². The number of nitrogens with one attached hydrogen (secondary N) is 1. The number of pyridine rings is 1. The standard InChI is InChI=1S/C12H17N3/c1-3-10(9-13-6-1)15-8-2-4-11-12(15)5-7-14-11/h1,3,6,9,11-12,14H,2,4-5,7-8H2/t11-,12-/m0/s1. The van der Waals surface area contributed by atoms with Crippen LogP contribution in [-0.4, -0.2) is 30.2 Å². The number of aromatic nitrogens is 1. The summed E-state index contributed by atoms with van der Waals surface area (Å²) in [4.78, 5) is 6.74. The van der Waals surface area contributed by atoms with Gasteiger partial charge < -0.3 is 10.2 Å². The van der Waals surface area contributed by atoms with E-state index in [4.69, 9.17) is 0 Å². The van der Waals surface area contributed by atoms with E-state index < -0.39 is 0 Å². The van der Waals surface area contributed by atoms with Crippen molar-refractivity contribution in [3.05, 3.63) is 24.5 Å². The molecule has 2 aliphatic rings. The predicted molar refractivity (Wildman–Crippen MR) is 61.0 cm³/mol. The largest absolute Gasteiger partial charge is 0.366 e. The second-order valence-electron chi connectivity index (χ2n) is 4.46. The molecule has 80 valence electrons. The SMILES string of the molecule is c1cncc(N2CCC[C@@H]3NCC[C@@H]32)c1. The zero-order valence-corrected chi connectivity index (χ0v) is 8.89. The van der Waals surface area contributed by atoms with Gasteiger partial charge in [0.2, 0.25) is 0 Å². The van der Waals surface area contributed by atoms with Crippen LogP contribution >= 0.6 is 0 Å². The first-order chi connectivity index (χ1) is 7.45. The second kappa shape index (κ2) is 3.81. The molecule has 0 bridgehead atoms. The van der Waals surface area contributed by atoms with Gasteiger partial charge in [-0.3, -0.25) is 4.98 Å². The average Bonchev–Trinajstić information content (AvgIpc) is 2.78. The zero-order chi connectivity index (χ0) is 10.1. The van der Waals surface area contributed by atoms with E-state index in [-0.39, 0.29) is 0 Å². The average molecular weight is 203 g/mol. The van der Waals surface area contributed by atoms with Crippen LogP contribution in [0.25, 0.3) is 0 Å². The molecule has 3 heterocycles. The van der Waals surface area contributed by atoms with Gasteiger partial charge in [0.05, 0.1) is 11.9 Å². The van der Waals surface area contributed by atoms with Gasteiger partial charge in [0.25, 0.3) is 0 Å². The first-order valence-corrected chi connectivity index (χ1v) is 5.85. The zero-order valence-electron chi connectivity index (χ0n) is 8.89. The van der Waals surface area contributed by atoms with Gasteiger partial charge in [0.15, 0.2) is 0 Å². The lowest BCUT2D eigenvalue weighted by atomic mass is 9.97. The van der Waals surface area contributed by atoms with Crippen LogP contribution in [0.5, 0.6) is 0 Å². The fourth-order valence-corrected chi connectivity index (χ4v) is 2.91. The van der Waals surface area contributed by atoms with E-state index in [0.29, 0.717) is 12.1 Å². The highest BCUT2D eigenvalue weighted by Crippen LogP contribution is 2.28. The van der Waals surface area contributed by atoms with Crippen LogP contribution in [0.4, 0.5) is 5.69 Å². The summed E-state index contributed by atoms with van der Waals surface area (Å²) < 4.78 is 0. The van der Waals surface area contributed by atoms with Gasteiger partial charge in [-0.15, -0.1) is 0 Å². The van der Waals surface area contributed by atoms with Gasteiger partial charge in [-0.05, 0) is 37.9 Å². The molecule has 0 radical (unpaired) electrons. The lowest BCUT2D eigenvalue weighted by Crippen LogP contribution is -2.48. The molecule has 2 atom stereocenters. The van der Waals surface area contributed by atoms with Crippen molar-refractivity contribution in [2.45, 2.75) is 31.3 Å². The summed E-state index contributed by atoms with van der Waals surface area (Å²) in [7, 11) is 0. The summed E-state index contributed by atoms with van der Waals surface area (Å²) in [6, 6.07) is 5.61. The third-order valence-corrected chi connectivity index (χ3v) is 3.60. The molecule has 0 spiro atoms. The van der Waals surface area contributed by atoms with Crippen molar-refractivity contribution in [1.29, 1.82) is 0 Å². The van der Waals surface area contributed by atoms with Crippen LogP contribution in [0.1, 0.15) is 19.3 Å². The molecule has 1 aromatic rings. The van der Waals surface area contributed by atoms with Gasteiger partial charge in [-0.2, -0.15) is 0 Å². The van der Waals surface area contributed by atoms with E-state index in [9.17, 15) is 0 Å². The van der Waals surface area contributed by atoms with E-state index >= 15 is 0 Å². The normalized spacial score (nSPS) is 30.3. The number of rotatable bonds is 1. The molecule has 2 saturated heterocycles. The summed E-state index contributed by atoms with van der Waals surface area (Å²) in [5, 5.41) is 3.60. The molecule has 3 nitrogen and oxygen atoms in total. The Hall–Kier alpha value is -1.09. The molecule has 0 amide bonds. The minimum absolute atomic E-state index is 0.697. The Balaban J connectivity index is 1.85. The molecular weight excluding hydrogens is 186 g/mol. The van der Waals surface area contributed by atoms with Crippen LogP contribution in [0, 0.1) is 0 Å². The third kappa shape index (κ3) is 1.61. The topological polar surface area (TPSA) is 28.2 Å². The lowest BCUT2D eigenvalue weighted by molar-refractivity contribution is 0.412. The lowest BCUT2D eigenvalue weighted by Gasteiger charge is -2.38. The molecule has 0 unspecified atom stereocenters. The monoisotopic (exact) mass is 203 g/mol. The minimum Gasteiger partial charge on any atom is -0.366 e. The summed E-state index contributed by atoms with van der Waals surface area (Å²) in [6.07, 6.45) is 7.74. The number of hydrogen-bond acceptors (Lipinski definition) is 3. The fourth-order valence-electron chi connectivity index (χ4n) is 2.91. The first-order valence-electron chi connectivity index (χ1n) is 5.85. The molecule has 1 N–H and O–H groups in total. The Morgan fingerprint density at radius 3 is 3.27 bits per heavy atom. The van der Waals surface area contributed by atoms with E-state index in [1.54, 1.807) is 0 Å². The Kier molecular flexibility index (Phi) is 2.33. The highest BCUT2D eigenvalue weighted by atomic mass is 15.2. The first kappa shape index (κ1) is 9.16. The molecule has 0 saturated carbocycles. The molecule has 0 aromatic carbocycles. The molecule has 2 aliphatic heterocycles. The summed E-state index contributed by atoms with van der Waals surface area (Å²) in [6.45, 7) is 2.36. The van der Waals surface area contributed by atoms with Gasteiger partial charge in [-0.1, -0.05) is 0 Å². The van der Waals surface area contributed by atoms with Crippen LogP contribution < -0.4 is 10.2 Å². The van der Waals surface area contributed by atoms with Gasteiger partial charge in [-0.25, -0.2) is 0 Å². The number of fused-ring (bicyclic) bond motifs is 1. The Morgan fingerprint density at radius 1 is 1.40 bits per heavy atom. The maximum absolute atomic E-state index is 4.21. The van der Waals surface area contributed by atoms with Crippen LogP contribution in [0.15, 0.2) is 24.5 Å². The highest BCUT2D eigenvalue weighted by molar-refractivity contribution is 5.46. The number of anilines is 1. The quantitative estimate of drug-likeness (QED) is 0.748. The molecule has 1 aromatic heterocycles. The van der Waals surface area contributed by atoms with E-state index in [2.05, 4.69) is 21.3 Å². The van der Waals surface area contributed by atoms with Crippen molar-refractivity contribution in [3.63, 3.8) is 0 Å². The molecular formula is C12H17N3. The van der Waals surface area contributed by atoms with E-state index in [0.717, 1.165) is 0 Å². The van der Waals surface area contributed by atoms with E-state index in [1.807, 2.05) is 18.5 Å². The fraction of sp³-hybridized carbons (Fsp3) is 0.583. The second-order valence-corrected chi connectivity index (χ2v) is 4.46. The molecule has 2 fully saturated rings. The molecule has 15 heavy (non-hydrogen) atoms. The molecule has 3 heteroatoms. The summed E-state index contributed by atoms with van der Waals surface area (Å²) >= 11 is 0. The molecule has 3 rings (SSSR count). The van der Waals surface area contributed by atoms with Gasteiger partial charge >= 0.3 is 0 Å². The maximum Gasteiger partial charge on any atom is 0.0555 e. The van der Waals surface area contributed by atoms with Crippen LogP contribution in [0.3, 0.4) is 0 Å². The summed E-state index contributed by atoms with van der Waals surface area (Å²) in [5.41, 5.74) is 1.29. The Morgan fingerprint density at radius 2 is 2.40 bits per heavy atom. The van der Waals surface area contributed by atoms with Crippen molar-refractivity contribution >= 4 is 5.69 Å². The van der Waals surface area contributed by atoms with Crippen molar-refractivity contribution in [3.8, 4) is 0 Å². The molecule has 0 aliphatic carbocycles. The van der Waals surface area contributed by atoms with Crippen molar-refractivity contribution in [2.75, 3.05) is 18.0 Å². The van der Waals surface area contributed by atoms with Crippen molar-refractivity contribution in [1.82, 2.24) is 10.3 Å². The smallest absolute Gasteiger partial charge is 0.0555 e. The predicted octanol–water partition coefficient (Wildman–Crippen LogP) is 1.41. The van der Waals surface area contributed by atoms with Gasteiger partial charge in [0.1, 0.15) is 0 Å². The van der Waals surface area contributed by atoms with Crippen LogP contribution in [-0.2, 0) is 0 Å². The number of hydrogen-bond donors (Lipinski definition) is 1. The Bertz CT molecular complexity index is 325.